The Morgan fingerprint density at radius 1 is 1.15 bits per heavy atom. The van der Waals surface area contributed by atoms with Crippen LogP contribution in [0.1, 0.15) is 18.4 Å². The molecular weight excluding hydrogens is 362 g/mol. The molecule has 0 atom stereocenters. The molecule has 0 aliphatic carbocycles. The molecule has 1 aromatic heterocycles. The van der Waals surface area contributed by atoms with E-state index in [0.29, 0.717) is 23.4 Å². The van der Waals surface area contributed by atoms with Gasteiger partial charge in [0.15, 0.2) is 5.58 Å². The fourth-order valence-corrected chi connectivity index (χ4v) is 4.64. The predicted molar refractivity (Wildman–Crippen MR) is 105 cm³/mol. The van der Waals surface area contributed by atoms with E-state index < -0.39 is 10.0 Å². The molecule has 2 aromatic carbocycles. The van der Waals surface area contributed by atoms with Crippen molar-refractivity contribution in [3.05, 3.63) is 54.1 Å². The number of benzene rings is 2. The van der Waals surface area contributed by atoms with Gasteiger partial charge in [-0.25, -0.2) is 13.1 Å². The van der Waals surface area contributed by atoms with Gasteiger partial charge < -0.3 is 9.32 Å². The third kappa shape index (κ3) is 3.99. The molecule has 3 aromatic rings. The highest BCUT2D eigenvalue weighted by Gasteiger charge is 2.24. The summed E-state index contributed by atoms with van der Waals surface area (Å²) < 4.78 is 33.5. The van der Waals surface area contributed by atoms with E-state index in [1.54, 1.807) is 18.2 Å². The molecular formula is C20H23N3O3S. The summed E-state index contributed by atoms with van der Waals surface area (Å²) in [5.74, 6) is 0.310. The molecule has 0 unspecified atom stereocenters. The number of para-hydroxylation sites is 2. The number of aromatic nitrogens is 1. The molecule has 0 bridgehead atoms. The molecule has 0 spiro atoms. The number of anilines is 1. The maximum atomic E-state index is 12.5. The number of nitrogens with zero attached hydrogens (tertiary/aromatic N) is 2. The number of hydrogen-bond donors (Lipinski definition) is 1. The molecule has 1 aliphatic rings. The molecule has 7 heteroatoms. The quantitative estimate of drug-likeness (QED) is 0.729. The monoisotopic (exact) mass is 385 g/mol. The second-order valence-electron chi connectivity index (χ2n) is 7.06. The van der Waals surface area contributed by atoms with Crippen molar-refractivity contribution in [1.82, 2.24) is 9.71 Å². The summed E-state index contributed by atoms with van der Waals surface area (Å²) in [4.78, 5) is 7.00. The number of nitrogens with one attached hydrogen (secondary N) is 1. The Bertz CT molecular complexity index is 1000. The van der Waals surface area contributed by atoms with Gasteiger partial charge in [-0.15, -0.1) is 0 Å². The lowest BCUT2D eigenvalue weighted by molar-refractivity contribution is 0.387. The van der Waals surface area contributed by atoms with Gasteiger partial charge in [0.25, 0.3) is 6.01 Å². The van der Waals surface area contributed by atoms with E-state index in [2.05, 4.69) is 14.6 Å². The molecule has 1 saturated heterocycles. The zero-order chi connectivity index (χ0) is 18.9. The van der Waals surface area contributed by atoms with Crippen molar-refractivity contribution < 1.29 is 12.8 Å². The summed E-state index contributed by atoms with van der Waals surface area (Å²) in [6, 6.07) is 15.4. The topological polar surface area (TPSA) is 75.4 Å². The highest BCUT2D eigenvalue weighted by atomic mass is 32.2. The third-order valence-corrected chi connectivity index (χ3v) is 6.45. The van der Waals surface area contributed by atoms with Crippen molar-refractivity contribution in [3.63, 3.8) is 0 Å². The number of fused-ring (bicyclic) bond motifs is 1. The normalized spacial score (nSPS) is 16.1. The van der Waals surface area contributed by atoms with E-state index in [0.717, 1.165) is 42.6 Å². The van der Waals surface area contributed by atoms with Crippen molar-refractivity contribution >= 4 is 27.1 Å². The highest BCUT2D eigenvalue weighted by Crippen LogP contribution is 2.26. The van der Waals surface area contributed by atoms with Gasteiger partial charge in [-0.2, -0.15) is 4.98 Å². The lowest BCUT2D eigenvalue weighted by atomic mass is 9.97. The van der Waals surface area contributed by atoms with Crippen LogP contribution in [-0.2, 0) is 10.0 Å². The van der Waals surface area contributed by atoms with Crippen molar-refractivity contribution in [2.45, 2.75) is 24.7 Å². The molecule has 6 nitrogen and oxygen atoms in total. The molecule has 27 heavy (non-hydrogen) atoms. The first kappa shape index (κ1) is 18.0. The molecule has 1 N–H and O–H groups in total. The van der Waals surface area contributed by atoms with Gasteiger partial charge >= 0.3 is 0 Å². The van der Waals surface area contributed by atoms with E-state index in [4.69, 9.17) is 4.42 Å². The lowest BCUT2D eigenvalue weighted by Gasteiger charge is -2.30. The Labute approximate surface area is 159 Å². The van der Waals surface area contributed by atoms with Gasteiger partial charge in [0.05, 0.1) is 4.90 Å². The molecule has 1 aliphatic heterocycles. The minimum atomic E-state index is -3.46. The summed E-state index contributed by atoms with van der Waals surface area (Å²) in [7, 11) is -3.46. The summed E-state index contributed by atoms with van der Waals surface area (Å²) in [5, 5.41) is 0. The number of rotatable bonds is 5. The molecule has 4 rings (SSSR count). The van der Waals surface area contributed by atoms with Crippen LogP contribution < -0.4 is 9.62 Å². The predicted octanol–water partition coefficient (Wildman–Crippen LogP) is 3.33. The molecule has 1 fully saturated rings. The SMILES string of the molecule is Cc1cccc(S(=O)(=O)NCC2CCN(c3nc4ccccc4o3)CC2)c1. The van der Waals surface area contributed by atoms with Crippen LogP contribution in [0.2, 0.25) is 0 Å². The standard InChI is InChI=1S/C20H23N3O3S/c1-15-5-4-6-17(13-15)27(24,25)21-14-16-9-11-23(12-10-16)20-22-18-7-2-3-8-19(18)26-20/h2-8,13,16,21H,9-12,14H2,1H3. The fourth-order valence-electron chi connectivity index (χ4n) is 3.42. The zero-order valence-electron chi connectivity index (χ0n) is 15.3. The first-order valence-electron chi connectivity index (χ1n) is 9.18. The van der Waals surface area contributed by atoms with Crippen molar-refractivity contribution in [2.24, 2.45) is 5.92 Å². The minimum absolute atomic E-state index is 0.310. The smallest absolute Gasteiger partial charge is 0.298 e. The molecule has 0 saturated carbocycles. The molecule has 2 heterocycles. The van der Waals surface area contributed by atoms with Gasteiger partial charge in [-0.3, -0.25) is 0 Å². The van der Waals surface area contributed by atoms with Gasteiger partial charge in [-0.1, -0.05) is 24.3 Å². The van der Waals surface area contributed by atoms with Crippen LogP contribution in [0.4, 0.5) is 6.01 Å². The van der Waals surface area contributed by atoms with Crippen LogP contribution in [0.25, 0.3) is 11.1 Å². The molecule has 0 amide bonds. The summed E-state index contributed by atoms with van der Waals surface area (Å²) in [6.45, 7) is 3.96. The highest BCUT2D eigenvalue weighted by molar-refractivity contribution is 7.89. The van der Waals surface area contributed by atoms with E-state index in [1.807, 2.05) is 37.3 Å². The first-order valence-corrected chi connectivity index (χ1v) is 10.7. The lowest BCUT2D eigenvalue weighted by Crippen LogP contribution is -2.38. The Morgan fingerprint density at radius 2 is 1.93 bits per heavy atom. The zero-order valence-corrected chi connectivity index (χ0v) is 16.1. The van der Waals surface area contributed by atoms with Crippen molar-refractivity contribution in [1.29, 1.82) is 0 Å². The Hall–Kier alpha value is -2.38. The number of oxazole rings is 1. The maximum absolute atomic E-state index is 12.5. The third-order valence-electron chi connectivity index (χ3n) is 5.03. The largest absolute Gasteiger partial charge is 0.423 e. The van der Waals surface area contributed by atoms with Crippen LogP contribution in [0, 0.1) is 12.8 Å². The Kier molecular flexibility index (Phi) is 4.88. The van der Waals surface area contributed by atoms with Gasteiger partial charge in [0, 0.05) is 19.6 Å². The number of hydrogen-bond acceptors (Lipinski definition) is 5. The van der Waals surface area contributed by atoms with Crippen molar-refractivity contribution in [2.75, 3.05) is 24.5 Å². The van der Waals surface area contributed by atoms with E-state index in [-0.39, 0.29) is 0 Å². The van der Waals surface area contributed by atoms with E-state index in [1.165, 1.54) is 0 Å². The van der Waals surface area contributed by atoms with E-state index in [9.17, 15) is 8.42 Å². The minimum Gasteiger partial charge on any atom is -0.423 e. The van der Waals surface area contributed by atoms with Crippen LogP contribution in [0.15, 0.2) is 57.8 Å². The average molecular weight is 385 g/mol. The summed E-state index contributed by atoms with van der Waals surface area (Å²) in [5.41, 5.74) is 2.59. The fraction of sp³-hybridized carbons (Fsp3) is 0.350. The Morgan fingerprint density at radius 3 is 2.67 bits per heavy atom. The molecule has 0 radical (unpaired) electrons. The number of piperidine rings is 1. The second-order valence-corrected chi connectivity index (χ2v) is 8.83. The first-order chi connectivity index (χ1) is 13.0. The molecule has 142 valence electrons. The Balaban J connectivity index is 1.34. The van der Waals surface area contributed by atoms with E-state index >= 15 is 0 Å². The number of aryl methyl sites for hydroxylation is 1. The summed E-state index contributed by atoms with van der Waals surface area (Å²) in [6.07, 6.45) is 1.80. The van der Waals surface area contributed by atoms with Crippen LogP contribution in [-0.4, -0.2) is 33.0 Å². The van der Waals surface area contributed by atoms with Crippen molar-refractivity contribution in [3.8, 4) is 0 Å². The van der Waals surface area contributed by atoms with Gasteiger partial charge in [-0.05, 0) is 55.5 Å². The van der Waals surface area contributed by atoms with Gasteiger partial charge in [0.1, 0.15) is 5.52 Å². The van der Waals surface area contributed by atoms with Gasteiger partial charge in [0.2, 0.25) is 10.0 Å². The number of sulfonamides is 1. The second kappa shape index (κ2) is 7.32. The maximum Gasteiger partial charge on any atom is 0.298 e. The summed E-state index contributed by atoms with van der Waals surface area (Å²) >= 11 is 0. The van der Waals surface area contributed by atoms with Crippen LogP contribution in [0.3, 0.4) is 0 Å². The van der Waals surface area contributed by atoms with Crippen LogP contribution in [0.5, 0.6) is 0 Å². The van der Waals surface area contributed by atoms with Crippen LogP contribution >= 0.6 is 0 Å². The average Bonchev–Trinajstić information content (AvgIpc) is 3.11.